The Balaban J connectivity index is 1.75. The Hall–Kier alpha value is -3.81. The predicted molar refractivity (Wildman–Crippen MR) is 139 cm³/mol. The third-order valence-corrected chi connectivity index (χ3v) is 6.42. The number of pyridine rings is 1. The molecule has 3 heterocycles. The average molecular weight is 486 g/mol. The summed E-state index contributed by atoms with van der Waals surface area (Å²) in [4.78, 5) is 22.7. The molecule has 5 aromatic rings. The normalized spacial score (nSPS) is 10.9. The minimum absolute atomic E-state index is 0.233. The topological polar surface area (TPSA) is 72.7 Å². The second-order valence-corrected chi connectivity index (χ2v) is 8.76. The van der Waals surface area contributed by atoms with E-state index >= 15 is 0 Å². The second-order valence-electron chi connectivity index (χ2n) is 7.47. The maximum absolute atomic E-state index is 13.5. The summed E-state index contributed by atoms with van der Waals surface area (Å²) in [7, 11) is 0. The Morgan fingerprint density at radius 2 is 1.74 bits per heavy atom. The van der Waals surface area contributed by atoms with Gasteiger partial charge in [0.25, 0.3) is 5.56 Å². The molecule has 0 aliphatic rings. The van der Waals surface area contributed by atoms with Crippen LogP contribution in [0.15, 0.2) is 89.2 Å². The van der Waals surface area contributed by atoms with Gasteiger partial charge in [0.05, 0.1) is 11.3 Å². The van der Waals surface area contributed by atoms with E-state index in [1.807, 2.05) is 85.1 Å². The van der Waals surface area contributed by atoms with Crippen LogP contribution in [0, 0.1) is 0 Å². The highest BCUT2D eigenvalue weighted by Gasteiger charge is 2.23. The van der Waals surface area contributed by atoms with Crippen LogP contribution in [0.25, 0.3) is 33.1 Å². The van der Waals surface area contributed by atoms with Gasteiger partial charge < -0.3 is 5.32 Å². The Kier molecular flexibility index (Phi) is 6.20. The lowest BCUT2D eigenvalue weighted by atomic mass is 10.0. The molecule has 0 radical (unpaired) electrons. The van der Waals surface area contributed by atoms with Crippen LogP contribution in [0.4, 0.5) is 11.5 Å². The number of anilines is 2. The molecule has 0 saturated heterocycles. The summed E-state index contributed by atoms with van der Waals surface area (Å²) in [5.74, 6) is 0.571. The lowest BCUT2D eigenvalue weighted by Crippen LogP contribution is -2.26. The maximum Gasteiger partial charge on any atom is 0.291 e. The Labute approximate surface area is 205 Å². The van der Waals surface area contributed by atoms with Crippen LogP contribution in [-0.4, -0.2) is 19.7 Å². The van der Waals surface area contributed by atoms with Gasteiger partial charge in [-0.3, -0.25) is 4.79 Å². The summed E-state index contributed by atoms with van der Waals surface area (Å²) < 4.78 is 1.46. The molecular weight excluding hydrogens is 466 g/mol. The molecule has 0 atom stereocenters. The van der Waals surface area contributed by atoms with E-state index in [9.17, 15) is 4.79 Å². The van der Waals surface area contributed by atoms with E-state index in [1.54, 1.807) is 6.20 Å². The fraction of sp³-hybridized carbons (Fsp3) is 0.0769. The van der Waals surface area contributed by atoms with Gasteiger partial charge in [0.1, 0.15) is 22.2 Å². The highest BCUT2D eigenvalue weighted by Crippen LogP contribution is 2.38. The van der Waals surface area contributed by atoms with Crippen molar-refractivity contribution in [3.63, 3.8) is 0 Å². The first kappa shape index (κ1) is 22.0. The fourth-order valence-corrected chi connectivity index (χ4v) is 4.57. The van der Waals surface area contributed by atoms with E-state index in [0.717, 1.165) is 16.1 Å². The van der Waals surface area contributed by atoms with E-state index in [1.165, 1.54) is 16.0 Å². The molecule has 2 aromatic carbocycles. The number of aryl methyl sites for hydroxylation is 1. The van der Waals surface area contributed by atoms with Gasteiger partial charge in [-0.1, -0.05) is 60.1 Å². The smallest absolute Gasteiger partial charge is 0.291 e. The molecule has 8 heteroatoms. The lowest BCUT2D eigenvalue weighted by molar-refractivity contribution is 0.621. The third-order valence-electron chi connectivity index (χ3n) is 5.27. The molecule has 0 amide bonds. The number of halogens is 1. The molecule has 0 bridgehead atoms. The Morgan fingerprint density at radius 3 is 2.44 bits per heavy atom. The van der Waals surface area contributed by atoms with Crippen molar-refractivity contribution in [1.29, 1.82) is 0 Å². The van der Waals surface area contributed by atoms with Crippen molar-refractivity contribution in [2.24, 2.45) is 0 Å². The SMILES string of the molecule is CCn1nc(-c2ccccc2)c(-c2csc(-c3ccc(Cl)cc3)n2)c(Nc2ccccn2)c1=O. The van der Waals surface area contributed by atoms with Crippen molar-refractivity contribution in [2.45, 2.75) is 13.5 Å². The molecule has 168 valence electrons. The molecule has 6 nitrogen and oxygen atoms in total. The molecular formula is C26H20ClN5OS. The van der Waals surface area contributed by atoms with Crippen LogP contribution >= 0.6 is 22.9 Å². The standard InChI is InChI=1S/C26H20ClN5OS/c1-2-32-26(33)24(30-21-10-6-7-15-28-21)22(23(31-32)17-8-4-3-5-9-17)20-16-34-25(29-20)18-11-13-19(27)14-12-18/h3-16H,2H2,1H3,(H,28,30). The van der Waals surface area contributed by atoms with Crippen molar-refractivity contribution < 1.29 is 0 Å². The van der Waals surface area contributed by atoms with E-state index in [2.05, 4.69) is 10.3 Å². The second kappa shape index (κ2) is 9.59. The average Bonchev–Trinajstić information content (AvgIpc) is 3.36. The van der Waals surface area contributed by atoms with E-state index < -0.39 is 0 Å². The van der Waals surface area contributed by atoms with Crippen molar-refractivity contribution in [2.75, 3.05) is 5.32 Å². The summed E-state index contributed by atoms with van der Waals surface area (Å²) in [5, 5.41) is 11.4. The summed E-state index contributed by atoms with van der Waals surface area (Å²) in [6, 6.07) is 22.9. The Bertz CT molecular complexity index is 1480. The van der Waals surface area contributed by atoms with Crippen molar-refractivity contribution in [3.8, 4) is 33.1 Å². The first-order valence-electron chi connectivity index (χ1n) is 10.7. The molecule has 0 unspecified atom stereocenters. The van der Waals surface area contributed by atoms with Gasteiger partial charge in [0.15, 0.2) is 0 Å². The van der Waals surface area contributed by atoms with Gasteiger partial charge in [0, 0.05) is 34.3 Å². The number of rotatable bonds is 6. The minimum atomic E-state index is -0.233. The van der Waals surface area contributed by atoms with Crippen molar-refractivity contribution in [3.05, 3.63) is 99.7 Å². The summed E-state index contributed by atoms with van der Waals surface area (Å²) in [5.41, 5.74) is 3.99. The summed E-state index contributed by atoms with van der Waals surface area (Å²) in [6.45, 7) is 2.33. The van der Waals surface area contributed by atoms with E-state index in [0.29, 0.717) is 40.0 Å². The van der Waals surface area contributed by atoms with Crippen molar-refractivity contribution >= 4 is 34.4 Å². The third kappa shape index (κ3) is 4.35. The van der Waals surface area contributed by atoms with Crippen LogP contribution < -0.4 is 10.9 Å². The largest absolute Gasteiger partial charge is 0.335 e. The lowest BCUT2D eigenvalue weighted by Gasteiger charge is -2.16. The van der Waals surface area contributed by atoms with Gasteiger partial charge in [-0.2, -0.15) is 5.10 Å². The van der Waals surface area contributed by atoms with Crippen LogP contribution in [0.5, 0.6) is 0 Å². The van der Waals surface area contributed by atoms with Crippen LogP contribution in [0.2, 0.25) is 5.02 Å². The number of nitrogens with one attached hydrogen (secondary N) is 1. The van der Waals surface area contributed by atoms with Gasteiger partial charge >= 0.3 is 0 Å². The fourth-order valence-electron chi connectivity index (χ4n) is 3.63. The first-order valence-corrected chi connectivity index (χ1v) is 12.0. The molecule has 0 spiro atoms. The number of thiazole rings is 1. The number of nitrogens with zero attached hydrogens (tertiary/aromatic N) is 4. The minimum Gasteiger partial charge on any atom is -0.335 e. The molecule has 5 rings (SSSR count). The highest BCUT2D eigenvalue weighted by molar-refractivity contribution is 7.13. The van der Waals surface area contributed by atoms with Gasteiger partial charge in [0.2, 0.25) is 0 Å². The van der Waals surface area contributed by atoms with Crippen molar-refractivity contribution in [1.82, 2.24) is 19.7 Å². The number of benzene rings is 2. The molecule has 3 aromatic heterocycles. The molecule has 0 fully saturated rings. The number of hydrogen-bond acceptors (Lipinski definition) is 6. The van der Waals surface area contributed by atoms with Crippen LogP contribution in [0.3, 0.4) is 0 Å². The van der Waals surface area contributed by atoms with Gasteiger partial charge in [-0.05, 0) is 31.2 Å². The molecule has 0 saturated carbocycles. The zero-order valence-corrected chi connectivity index (χ0v) is 19.8. The zero-order chi connectivity index (χ0) is 23.5. The molecule has 34 heavy (non-hydrogen) atoms. The Morgan fingerprint density at radius 1 is 0.971 bits per heavy atom. The van der Waals surface area contributed by atoms with E-state index in [4.69, 9.17) is 21.7 Å². The number of aromatic nitrogens is 4. The van der Waals surface area contributed by atoms with Crippen LogP contribution in [-0.2, 0) is 6.54 Å². The van der Waals surface area contributed by atoms with Gasteiger partial charge in [-0.25, -0.2) is 14.6 Å². The van der Waals surface area contributed by atoms with Gasteiger partial charge in [-0.15, -0.1) is 11.3 Å². The number of hydrogen-bond donors (Lipinski definition) is 1. The summed E-state index contributed by atoms with van der Waals surface area (Å²) >= 11 is 7.56. The zero-order valence-electron chi connectivity index (χ0n) is 18.3. The molecule has 0 aliphatic heterocycles. The summed E-state index contributed by atoms with van der Waals surface area (Å²) in [6.07, 6.45) is 1.68. The maximum atomic E-state index is 13.5. The monoisotopic (exact) mass is 485 g/mol. The van der Waals surface area contributed by atoms with Crippen LogP contribution in [0.1, 0.15) is 6.92 Å². The molecule has 0 aliphatic carbocycles. The molecule has 1 N–H and O–H groups in total. The van der Waals surface area contributed by atoms with E-state index in [-0.39, 0.29) is 5.56 Å². The first-order chi connectivity index (χ1) is 16.6. The quantitative estimate of drug-likeness (QED) is 0.296. The predicted octanol–water partition coefficient (Wildman–Crippen LogP) is 6.51. The highest BCUT2D eigenvalue weighted by atomic mass is 35.5.